The van der Waals surface area contributed by atoms with Gasteiger partial charge < -0.3 is 4.74 Å². The maximum atomic E-state index is 11.8. The van der Waals surface area contributed by atoms with Gasteiger partial charge in [-0.15, -0.1) is 0 Å². The lowest BCUT2D eigenvalue weighted by Crippen LogP contribution is -2.07. The van der Waals surface area contributed by atoms with Crippen molar-refractivity contribution in [2.75, 3.05) is 6.61 Å². The average Bonchev–Trinajstić information content (AvgIpc) is 2.19. The van der Waals surface area contributed by atoms with E-state index in [4.69, 9.17) is 4.74 Å². The highest BCUT2D eigenvalue weighted by Crippen LogP contribution is 2.22. The van der Waals surface area contributed by atoms with Crippen molar-refractivity contribution in [3.8, 4) is 5.75 Å². The van der Waals surface area contributed by atoms with Gasteiger partial charge >= 0.3 is 6.18 Å². The summed E-state index contributed by atoms with van der Waals surface area (Å²) in [7, 11) is 0. The van der Waals surface area contributed by atoms with Crippen molar-refractivity contribution in [1.82, 2.24) is 0 Å². The third-order valence-corrected chi connectivity index (χ3v) is 2.14. The molecule has 90 valence electrons. The molecule has 0 aliphatic rings. The van der Waals surface area contributed by atoms with Crippen molar-refractivity contribution >= 4 is 0 Å². The lowest BCUT2D eigenvalue weighted by molar-refractivity contribution is -0.135. The van der Waals surface area contributed by atoms with E-state index in [0.29, 0.717) is 18.8 Å². The van der Waals surface area contributed by atoms with E-state index >= 15 is 0 Å². The smallest absolute Gasteiger partial charge is 0.389 e. The fraction of sp³-hybridized carbons (Fsp3) is 0.500. The number of hydrogen-bond donors (Lipinski definition) is 0. The molecule has 0 amide bonds. The number of aryl methyl sites for hydroxylation is 1. The molecule has 4 heteroatoms. The monoisotopic (exact) mass is 232 g/mol. The van der Waals surface area contributed by atoms with E-state index in [1.165, 1.54) is 0 Å². The number of benzene rings is 1. The fourth-order valence-electron chi connectivity index (χ4n) is 1.25. The molecule has 0 aliphatic carbocycles. The summed E-state index contributed by atoms with van der Waals surface area (Å²) in [6.45, 7) is 2.30. The molecule has 16 heavy (non-hydrogen) atoms. The fourth-order valence-corrected chi connectivity index (χ4v) is 1.25. The quantitative estimate of drug-likeness (QED) is 0.694. The molecule has 0 aliphatic heterocycles. The van der Waals surface area contributed by atoms with E-state index in [0.717, 1.165) is 5.56 Å². The highest BCUT2D eigenvalue weighted by atomic mass is 19.4. The zero-order valence-electron chi connectivity index (χ0n) is 9.18. The second-order valence-corrected chi connectivity index (χ2v) is 3.73. The average molecular weight is 232 g/mol. The lowest BCUT2D eigenvalue weighted by Gasteiger charge is -2.07. The Bertz CT molecular complexity index is 303. The second kappa shape index (κ2) is 5.77. The number of alkyl halides is 3. The van der Waals surface area contributed by atoms with Gasteiger partial charge in [0.1, 0.15) is 5.75 Å². The van der Waals surface area contributed by atoms with Crippen LogP contribution in [0, 0.1) is 6.92 Å². The molecule has 1 aromatic carbocycles. The largest absolute Gasteiger partial charge is 0.494 e. The van der Waals surface area contributed by atoms with Gasteiger partial charge in [-0.1, -0.05) is 17.7 Å². The zero-order valence-corrected chi connectivity index (χ0v) is 9.18. The van der Waals surface area contributed by atoms with Crippen LogP contribution in [0.4, 0.5) is 13.2 Å². The first-order valence-electron chi connectivity index (χ1n) is 5.23. The van der Waals surface area contributed by atoms with Gasteiger partial charge in [0.2, 0.25) is 0 Å². The summed E-state index contributed by atoms with van der Waals surface area (Å²) in [5.74, 6) is 0.706. The summed E-state index contributed by atoms with van der Waals surface area (Å²) >= 11 is 0. The van der Waals surface area contributed by atoms with Gasteiger partial charge in [-0.05, 0) is 31.9 Å². The van der Waals surface area contributed by atoms with Crippen LogP contribution >= 0.6 is 0 Å². The summed E-state index contributed by atoms with van der Waals surface area (Å²) in [6, 6.07) is 7.45. The van der Waals surface area contributed by atoms with E-state index in [-0.39, 0.29) is 6.42 Å². The molecular formula is C12H15F3O. The molecule has 0 fully saturated rings. The van der Waals surface area contributed by atoms with Gasteiger partial charge in [-0.3, -0.25) is 0 Å². The number of ether oxygens (including phenoxy) is 1. The van der Waals surface area contributed by atoms with E-state index < -0.39 is 12.6 Å². The van der Waals surface area contributed by atoms with Gasteiger partial charge in [-0.2, -0.15) is 13.2 Å². The van der Waals surface area contributed by atoms with E-state index in [2.05, 4.69) is 0 Å². The van der Waals surface area contributed by atoms with Crippen LogP contribution in [0.5, 0.6) is 5.75 Å². The van der Waals surface area contributed by atoms with Crippen molar-refractivity contribution < 1.29 is 17.9 Å². The van der Waals surface area contributed by atoms with Gasteiger partial charge in [-0.25, -0.2) is 0 Å². The molecule has 0 spiro atoms. The molecule has 0 bridgehead atoms. The molecule has 0 radical (unpaired) electrons. The standard InChI is InChI=1S/C12H15F3O/c1-10-4-6-11(7-5-10)16-9-3-2-8-12(13,14)15/h4-7H,2-3,8-9H2,1H3. The summed E-state index contributed by atoms with van der Waals surface area (Å²) in [5, 5.41) is 0. The van der Waals surface area contributed by atoms with Crippen molar-refractivity contribution in [3.63, 3.8) is 0 Å². The molecule has 0 N–H and O–H groups in total. The Labute approximate surface area is 93.2 Å². The maximum Gasteiger partial charge on any atom is 0.389 e. The first-order valence-corrected chi connectivity index (χ1v) is 5.23. The third-order valence-electron chi connectivity index (χ3n) is 2.14. The Morgan fingerprint density at radius 3 is 2.25 bits per heavy atom. The highest BCUT2D eigenvalue weighted by Gasteiger charge is 2.25. The Kier molecular flexibility index (Phi) is 4.65. The predicted molar refractivity (Wildman–Crippen MR) is 56.6 cm³/mol. The molecule has 0 saturated carbocycles. The topological polar surface area (TPSA) is 9.23 Å². The van der Waals surface area contributed by atoms with Crippen LogP contribution in [0.1, 0.15) is 24.8 Å². The normalized spacial score (nSPS) is 11.5. The minimum atomic E-state index is -4.05. The van der Waals surface area contributed by atoms with Crippen LogP contribution in [-0.4, -0.2) is 12.8 Å². The van der Waals surface area contributed by atoms with E-state index in [1.807, 2.05) is 31.2 Å². The van der Waals surface area contributed by atoms with Gasteiger partial charge in [0, 0.05) is 6.42 Å². The second-order valence-electron chi connectivity index (χ2n) is 3.73. The van der Waals surface area contributed by atoms with Crippen LogP contribution in [0.3, 0.4) is 0 Å². The number of halogens is 3. The molecule has 1 nitrogen and oxygen atoms in total. The molecular weight excluding hydrogens is 217 g/mol. The molecule has 1 aromatic rings. The molecule has 0 aromatic heterocycles. The van der Waals surface area contributed by atoms with Gasteiger partial charge in [0.05, 0.1) is 6.61 Å². The summed E-state index contributed by atoms with van der Waals surface area (Å²) in [6.07, 6.45) is -4.24. The highest BCUT2D eigenvalue weighted by molar-refractivity contribution is 5.26. The molecule has 0 heterocycles. The van der Waals surface area contributed by atoms with E-state index in [9.17, 15) is 13.2 Å². The molecule has 0 saturated heterocycles. The Hall–Kier alpha value is -1.19. The Morgan fingerprint density at radius 1 is 1.06 bits per heavy atom. The SMILES string of the molecule is Cc1ccc(OCCCCC(F)(F)F)cc1. The number of hydrogen-bond acceptors (Lipinski definition) is 1. The van der Waals surface area contributed by atoms with Crippen molar-refractivity contribution in [3.05, 3.63) is 29.8 Å². The summed E-state index contributed by atoms with van der Waals surface area (Å²) in [4.78, 5) is 0. The lowest BCUT2D eigenvalue weighted by atomic mass is 10.2. The molecule has 0 unspecified atom stereocenters. The number of rotatable bonds is 5. The van der Waals surface area contributed by atoms with Crippen molar-refractivity contribution in [2.24, 2.45) is 0 Å². The minimum Gasteiger partial charge on any atom is -0.494 e. The summed E-state index contributed by atoms with van der Waals surface area (Å²) < 4.78 is 40.7. The van der Waals surface area contributed by atoms with Crippen LogP contribution in [-0.2, 0) is 0 Å². The molecule has 1 rings (SSSR count). The first kappa shape index (κ1) is 12.9. The van der Waals surface area contributed by atoms with Crippen LogP contribution in [0.25, 0.3) is 0 Å². The van der Waals surface area contributed by atoms with Crippen LogP contribution in [0.2, 0.25) is 0 Å². The van der Waals surface area contributed by atoms with Crippen LogP contribution < -0.4 is 4.74 Å². The van der Waals surface area contributed by atoms with Gasteiger partial charge in [0.15, 0.2) is 0 Å². The van der Waals surface area contributed by atoms with Gasteiger partial charge in [0.25, 0.3) is 0 Å². The Balaban J connectivity index is 2.14. The van der Waals surface area contributed by atoms with Crippen LogP contribution in [0.15, 0.2) is 24.3 Å². The maximum absolute atomic E-state index is 11.8. The van der Waals surface area contributed by atoms with E-state index in [1.54, 1.807) is 0 Å². The first-order chi connectivity index (χ1) is 7.47. The van der Waals surface area contributed by atoms with Crippen molar-refractivity contribution in [2.45, 2.75) is 32.4 Å². The predicted octanol–water partition coefficient (Wildman–Crippen LogP) is 4.11. The number of unbranched alkanes of at least 4 members (excludes halogenated alkanes) is 1. The summed E-state index contributed by atoms with van der Waals surface area (Å²) in [5.41, 5.74) is 1.13. The zero-order chi connectivity index (χ0) is 12.0. The minimum absolute atomic E-state index is 0.120. The van der Waals surface area contributed by atoms with Crippen molar-refractivity contribution in [1.29, 1.82) is 0 Å². The Morgan fingerprint density at radius 2 is 1.69 bits per heavy atom. The third kappa shape index (κ3) is 5.63. The molecule has 0 atom stereocenters.